The molecule has 0 aromatic carbocycles. The predicted molar refractivity (Wildman–Crippen MR) is 87.5 cm³/mol. The van der Waals surface area contributed by atoms with Crippen molar-refractivity contribution >= 4 is 0 Å². The van der Waals surface area contributed by atoms with Crippen LogP contribution in [0.3, 0.4) is 0 Å². The van der Waals surface area contributed by atoms with E-state index in [0.717, 1.165) is 23.7 Å². The van der Waals surface area contributed by atoms with Gasteiger partial charge in [-0.05, 0) is 76.0 Å². The Morgan fingerprint density at radius 1 is 0.700 bits per heavy atom. The molecule has 108 valence electrons. The minimum atomic E-state index is 0.892. The lowest BCUT2D eigenvalue weighted by atomic mass is 9.82. The van der Waals surface area contributed by atoms with Crippen LogP contribution in [0.4, 0.5) is 0 Å². The SMILES string of the molecule is CC1=CCC2C=CCC2C1.CC1=CCC2CC=CC2C1. The Balaban J connectivity index is 0.000000121. The predicted octanol–water partition coefficient (Wildman–Crippen LogP) is 5.84. The summed E-state index contributed by atoms with van der Waals surface area (Å²) in [7, 11) is 0. The Bertz CT molecular complexity index is 460. The standard InChI is InChI=1S/2C10H14/c2*1-8-5-6-9-3-2-4-10(9)7-8/h2,4-5,9-10H,3,6-7H2,1H3;2-3,5,9-10H,4,6-7H2,1H3. The maximum absolute atomic E-state index is 2.41. The lowest BCUT2D eigenvalue weighted by Gasteiger charge is -2.23. The molecule has 0 saturated carbocycles. The van der Waals surface area contributed by atoms with Crippen LogP contribution >= 0.6 is 0 Å². The quantitative estimate of drug-likeness (QED) is 0.484. The van der Waals surface area contributed by atoms with Gasteiger partial charge in [-0.2, -0.15) is 0 Å². The van der Waals surface area contributed by atoms with Gasteiger partial charge in [0.15, 0.2) is 0 Å². The molecule has 0 fully saturated rings. The van der Waals surface area contributed by atoms with E-state index >= 15 is 0 Å². The molecule has 20 heavy (non-hydrogen) atoms. The lowest BCUT2D eigenvalue weighted by Crippen LogP contribution is -2.11. The van der Waals surface area contributed by atoms with Crippen molar-refractivity contribution in [3.05, 3.63) is 47.6 Å². The van der Waals surface area contributed by atoms with Crippen molar-refractivity contribution in [1.82, 2.24) is 0 Å². The van der Waals surface area contributed by atoms with Gasteiger partial charge in [0, 0.05) is 0 Å². The second kappa shape index (κ2) is 6.16. The Morgan fingerprint density at radius 3 is 2.20 bits per heavy atom. The first-order chi connectivity index (χ1) is 9.72. The number of rotatable bonds is 0. The van der Waals surface area contributed by atoms with Gasteiger partial charge in [-0.1, -0.05) is 47.6 Å². The first kappa shape index (κ1) is 13.9. The summed E-state index contributed by atoms with van der Waals surface area (Å²) in [6.45, 7) is 4.51. The van der Waals surface area contributed by atoms with Gasteiger partial charge in [-0.3, -0.25) is 0 Å². The average molecular weight is 268 g/mol. The van der Waals surface area contributed by atoms with Gasteiger partial charge in [0.25, 0.3) is 0 Å². The summed E-state index contributed by atoms with van der Waals surface area (Å²) in [5, 5.41) is 0. The Kier molecular flexibility index (Phi) is 4.29. The number of allylic oxidation sites excluding steroid dienone is 8. The molecule has 0 saturated heterocycles. The molecule has 0 heteroatoms. The van der Waals surface area contributed by atoms with E-state index in [2.05, 4.69) is 50.3 Å². The van der Waals surface area contributed by atoms with Crippen molar-refractivity contribution in [2.75, 3.05) is 0 Å². The third kappa shape index (κ3) is 3.16. The Morgan fingerprint density at radius 2 is 1.35 bits per heavy atom. The largest absolute Gasteiger partial charge is 0.0879 e. The van der Waals surface area contributed by atoms with E-state index in [1.54, 1.807) is 11.1 Å². The average Bonchev–Trinajstić information content (AvgIpc) is 3.06. The molecule has 0 heterocycles. The maximum Gasteiger partial charge on any atom is -0.0162 e. The zero-order chi connectivity index (χ0) is 13.9. The van der Waals surface area contributed by atoms with Crippen LogP contribution in [0, 0.1) is 23.7 Å². The highest BCUT2D eigenvalue weighted by molar-refractivity contribution is 5.15. The molecular formula is C20H28. The number of hydrogen-bond acceptors (Lipinski definition) is 0. The summed E-state index contributed by atoms with van der Waals surface area (Å²) in [6, 6.07) is 0. The minimum Gasteiger partial charge on any atom is -0.0879 e. The highest BCUT2D eigenvalue weighted by Gasteiger charge is 2.25. The van der Waals surface area contributed by atoms with Crippen LogP contribution < -0.4 is 0 Å². The molecule has 0 aromatic rings. The summed E-state index contributed by atoms with van der Waals surface area (Å²) < 4.78 is 0. The molecule has 4 atom stereocenters. The fraction of sp³-hybridized carbons (Fsp3) is 0.600. The van der Waals surface area contributed by atoms with Crippen LogP contribution in [0.5, 0.6) is 0 Å². The smallest absolute Gasteiger partial charge is 0.0162 e. The van der Waals surface area contributed by atoms with Crippen molar-refractivity contribution in [1.29, 1.82) is 0 Å². The van der Waals surface area contributed by atoms with Crippen LogP contribution in [0.1, 0.15) is 52.4 Å². The lowest BCUT2D eigenvalue weighted by molar-refractivity contribution is 0.404. The van der Waals surface area contributed by atoms with Crippen molar-refractivity contribution in [3.63, 3.8) is 0 Å². The molecule has 4 aliphatic rings. The Labute approximate surface area is 124 Å². The van der Waals surface area contributed by atoms with Crippen molar-refractivity contribution in [2.24, 2.45) is 23.7 Å². The van der Waals surface area contributed by atoms with E-state index in [9.17, 15) is 0 Å². The summed E-state index contributed by atoms with van der Waals surface area (Å²) in [6.07, 6.45) is 22.3. The highest BCUT2D eigenvalue weighted by atomic mass is 14.3. The minimum absolute atomic E-state index is 0.892. The van der Waals surface area contributed by atoms with E-state index in [4.69, 9.17) is 0 Å². The van der Waals surface area contributed by atoms with Crippen LogP contribution in [-0.4, -0.2) is 0 Å². The number of fused-ring (bicyclic) bond motifs is 2. The second-order valence-electron chi connectivity index (χ2n) is 7.16. The Hall–Kier alpha value is -1.04. The van der Waals surface area contributed by atoms with Gasteiger partial charge in [0.2, 0.25) is 0 Å². The molecule has 4 rings (SSSR count). The van der Waals surface area contributed by atoms with Crippen LogP contribution in [0.15, 0.2) is 47.6 Å². The molecule has 0 spiro atoms. The van der Waals surface area contributed by atoms with Crippen molar-refractivity contribution in [3.8, 4) is 0 Å². The molecule has 0 bridgehead atoms. The van der Waals surface area contributed by atoms with Crippen molar-refractivity contribution < 1.29 is 0 Å². The third-order valence-electron chi connectivity index (χ3n) is 5.50. The van der Waals surface area contributed by atoms with E-state index in [0.29, 0.717) is 0 Å². The van der Waals surface area contributed by atoms with Gasteiger partial charge in [-0.25, -0.2) is 0 Å². The molecule has 0 aromatic heterocycles. The summed E-state index contributed by atoms with van der Waals surface area (Å²) in [5.74, 6) is 3.71. The van der Waals surface area contributed by atoms with Gasteiger partial charge < -0.3 is 0 Å². The fourth-order valence-electron chi connectivity index (χ4n) is 4.17. The van der Waals surface area contributed by atoms with Gasteiger partial charge >= 0.3 is 0 Å². The highest BCUT2D eigenvalue weighted by Crippen LogP contribution is 2.37. The van der Waals surface area contributed by atoms with Crippen LogP contribution in [0.25, 0.3) is 0 Å². The van der Waals surface area contributed by atoms with E-state index in [1.807, 2.05) is 0 Å². The third-order valence-corrected chi connectivity index (χ3v) is 5.50. The van der Waals surface area contributed by atoms with Gasteiger partial charge in [-0.15, -0.1) is 0 Å². The molecule has 4 unspecified atom stereocenters. The number of hydrogen-bond donors (Lipinski definition) is 0. The monoisotopic (exact) mass is 268 g/mol. The molecule has 4 aliphatic carbocycles. The van der Waals surface area contributed by atoms with E-state index in [1.165, 1.54) is 38.5 Å². The summed E-state index contributed by atoms with van der Waals surface area (Å²) in [5.41, 5.74) is 3.19. The molecule has 0 aliphatic heterocycles. The first-order valence-corrected chi connectivity index (χ1v) is 8.37. The summed E-state index contributed by atoms with van der Waals surface area (Å²) >= 11 is 0. The second-order valence-corrected chi connectivity index (χ2v) is 7.16. The molecule has 0 amide bonds. The van der Waals surface area contributed by atoms with Gasteiger partial charge in [0.05, 0.1) is 0 Å². The van der Waals surface area contributed by atoms with E-state index in [-0.39, 0.29) is 0 Å². The van der Waals surface area contributed by atoms with E-state index < -0.39 is 0 Å². The normalized spacial score (nSPS) is 37.5. The molecule has 0 radical (unpaired) electrons. The zero-order valence-corrected chi connectivity index (χ0v) is 13.0. The van der Waals surface area contributed by atoms with Crippen LogP contribution in [-0.2, 0) is 0 Å². The summed E-state index contributed by atoms with van der Waals surface area (Å²) in [4.78, 5) is 0. The van der Waals surface area contributed by atoms with Gasteiger partial charge in [0.1, 0.15) is 0 Å². The zero-order valence-electron chi connectivity index (χ0n) is 13.0. The molecular weight excluding hydrogens is 240 g/mol. The first-order valence-electron chi connectivity index (χ1n) is 8.37. The van der Waals surface area contributed by atoms with Crippen molar-refractivity contribution in [2.45, 2.75) is 52.4 Å². The molecule has 0 N–H and O–H groups in total. The van der Waals surface area contributed by atoms with Crippen LogP contribution in [0.2, 0.25) is 0 Å². The topological polar surface area (TPSA) is 0 Å². The molecule has 0 nitrogen and oxygen atoms in total. The maximum atomic E-state index is 2.41. The fourth-order valence-corrected chi connectivity index (χ4v) is 4.17.